The Morgan fingerprint density at radius 1 is 1.33 bits per heavy atom. The van der Waals surface area contributed by atoms with Crippen LogP contribution in [0.4, 0.5) is 4.39 Å². The zero-order valence-electron chi connectivity index (χ0n) is 12.0. The maximum absolute atomic E-state index is 12.9. The minimum Gasteiger partial charge on any atom is -0.335 e. The van der Waals surface area contributed by atoms with Crippen molar-refractivity contribution < 1.29 is 9.18 Å². The third-order valence-electron chi connectivity index (χ3n) is 4.01. The van der Waals surface area contributed by atoms with Gasteiger partial charge in [-0.1, -0.05) is 0 Å². The van der Waals surface area contributed by atoms with Crippen LogP contribution in [-0.4, -0.2) is 33.6 Å². The van der Waals surface area contributed by atoms with Gasteiger partial charge in [0.25, 0.3) is 5.91 Å². The minimum absolute atomic E-state index is 0.0111. The smallest absolute Gasteiger partial charge is 0.272 e. The van der Waals surface area contributed by atoms with Crippen molar-refractivity contribution in [3.05, 3.63) is 41.8 Å². The van der Waals surface area contributed by atoms with E-state index < -0.39 is 0 Å². The first-order valence-electron chi connectivity index (χ1n) is 7.27. The largest absolute Gasteiger partial charge is 0.335 e. The van der Waals surface area contributed by atoms with Crippen molar-refractivity contribution in [2.24, 2.45) is 0 Å². The van der Waals surface area contributed by atoms with Crippen LogP contribution in [0.15, 0.2) is 30.3 Å². The number of rotatable bonds is 2. The second kappa shape index (κ2) is 5.68. The molecule has 0 unspecified atom stereocenters. The van der Waals surface area contributed by atoms with Gasteiger partial charge in [-0.2, -0.15) is 5.10 Å². The lowest BCUT2D eigenvalue weighted by Gasteiger charge is -2.32. The maximum Gasteiger partial charge on any atom is 0.272 e. The molecule has 1 aliphatic heterocycles. The number of carbonyl (C=O) groups excluding carboxylic acids is 1. The number of benzene rings is 1. The summed E-state index contributed by atoms with van der Waals surface area (Å²) in [6.45, 7) is 2.87. The Morgan fingerprint density at radius 2 is 2.10 bits per heavy atom. The summed E-state index contributed by atoms with van der Waals surface area (Å²) in [5.41, 5.74) is 1.93. The summed E-state index contributed by atoms with van der Waals surface area (Å²) >= 11 is 0. The first-order valence-corrected chi connectivity index (χ1v) is 7.27. The predicted molar refractivity (Wildman–Crippen MR) is 78.3 cm³/mol. The summed E-state index contributed by atoms with van der Waals surface area (Å²) in [5.74, 6) is -0.296. The fraction of sp³-hybridized carbons (Fsp3) is 0.375. The zero-order valence-corrected chi connectivity index (χ0v) is 12.0. The van der Waals surface area contributed by atoms with Gasteiger partial charge < -0.3 is 4.90 Å². The number of likely N-dealkylation sites (tertiary alicyclic amines) is 1. The van der Waals surface area contributed by atoms with Crippen LogP contribution in [0.1, 0.15) is 36.7 Å². The molecule has 5 heteroatoms. The van der Waals surface area contributed by atoms with Crippen molar-refractivity contribution in [2.75, 3.05) is 6.54 Å². The average molecular weight is 287 g/mol. The van der Waals surface area contributed by atoms with E-state index in [-0.39, 0.29) is 17.8 Å². The fourth-order valence-electron chi connectivity index (χ4n) is 2.75. The van der Waals surface area contributed by atoms with Gasteiger partial charge in [-0.15, -0.1) is 0 Å². The van der Waals surface area contributed by atoms with Gasteiger partial charge in [-0.05, 0) is 56.5 Å². The standard InChI is InChI=1S/C16H18FN3O/c1-11-4-2-3-9-20(11)16(21)15-10-14(18-19-15)12-5-7-13(17)8-6-12/h5-8,10-11H,2-4,9H2,1H3,(H,18,19)/t11-/m1/s1. The lowest BCUT2D eigenvalue weighted by atomic mass is 10.0. The number of halogens is 1. The summed E-state index contributed by atoms with van der Waals surface area (Å²) in [5, 5.41) is 6.96. The number of aromatic amines is 1. The van der Waals surface area contributed by atoms with Crippen molar-refractivity contribution in [3.8, 4) is 11.3 Å². The Morgan fingerprint density at radius 3 is 2.81 bits per heavy atom. The van der Waals surface area contributed by atoms with Crippen LogP contribution in [0, 0.1) is 5.82 Å². The molecule has 1 N–H and O–H groups in total. The van der Waals surface area contributed by atoms with Crippen LogP contribution >= 0.6 is 0 Å². The highest BCUT2D eigenvalue weighted by Gasteiger charge is 2.25. The van der Waals surface area contributed by atoms with Gasteiger partial charge in [-0.25, -0.2) is 4.39 Å². The number of nitrogens with zero attached hydrogens (tertiary/aromatic N) is 2. The summed E-state index contributed by atoms with van der Waals surface area (Å²) in [6.07, 6.45) is 3.27. The summed E-state index contributed by atoms with van der Waals surface area (Å²) in [7, 11) is 0. The van der Waals surface area contributed by atoms with Crippen LogP contribution in [-0.2, 0) is 0 Å². The molecule has 1 atom stereocenters. The second-order valence-corrected chi connectivity index (χ2v) is 5.52. The molecule has 0 spiro atoms. The van der Waals surface area contributed by atoms with Crippen LogP contribution in [0.2, 0.25) is 0 Å². The Balaban J connectivity index is 1.81. The van der Waals surface area contributed by atoms with Crippen LogP contribution in [0.3, 0.4) is 0 Å². The fourth-order valence-corrected chi connectivity index (χ4v) is 2.75. The first kappa shape index (κ1) is 13.8. The van der Waals surface area contributed by atoms with E-state index in [4.69, 9.17) is 0 Å². The Kier molecular flexibility index (Phi) is 3.73. The van der Waals surface area contributed by atoms with Gasteiger partial charge in [0.05, 0.1) is 5.69 Å². The molecule has 0 aliphatic carbocycles. The molecule has 0 saturated carbocycles. The number of amides is 1. The second-order valence-electron chi connectivity index (χ2n) is 5.52. The monoisotopic (exact) mass is 287 g/mol. The van der Waals surface area contributed by atoms with E-state index in [1.54, 1.807) is 18.2 Å². The van der Waals surface area contributed by atoms with Gasteiger partial charge in [-0.3, -0.25) is 9.89 Å². The van der Waals surface area contributed by atoms with Crippen molar-refractivity contribution in [3.63, 3.8) is 0 Å². The highest BCUT2D eigenvalue weighted by molar-refractivity contribution is 5.93. The number of hydrogen-bond donors (Lipinski definition) is 1. The number of aromatic nitrogens is 2. The molecule has 0 radical (unpaired) electrons. The lowest BCUT2D eigenvalue weighted by molar-refractivity contribution is 0.0629. The van der Waals surface area contributed by atoms with E-state index in [0.717, 1.165) is 24.9 Å². The number of carbonyl (C=O) groups is 1. The van der Waals surface area contributed by atoms with E-state index in [1.165, 1.54) is 18.6 Å². The summed E-state index contributed by atoms with van der Waals surface area (Å²) < 4.78 is 12.9. The molecule has 2 aromatic rings. The van der Waals surface area contributed by atoms with Crippen molar-refractivity contribution >= 4 is 5.91 Å². The summed E-state index contributed by atoms with van der Waals surface area (Å²) in [4.78, 5) is 14.4. The molecule has 21 heavy (non-hydrogen) atoms. The van der Waals surface area contributed by atoms with E-state index in [2.05, 4.69) is 17.1 Å². The van der Waals surface area contributed by atoms with E-state index in [1.807, 2.05) is 4.90 Å². The quantitative estimate of drug-likeness (QED) is 0.922. The topological polar surface area (TPSA) is 49.0 Å². The van der Waals surface area contributed by atoms with E-state index in [9.17, 15) is 9.18 Å². The van der Waals surface area contributed by atoms with Crippen molar-refractivity contribution in [1.82, 2.24) is 15.1 Å². The SMILES string of the molecule is C[C@@H]1CCCCN1C(=O)c1cc(-c2ccc(F)cc2)n[nH]1. The molecule has 0 bridgehead atoms. The van der Waals surface area contributed by atoms with Crippen molar-refractivity contribution in [2.45, 2.75) is 32.2 Å². The molecular formula is C16H18FN3O. The molecule has 110 valence electrons. The Bertz CT molecular complexity index is 635. The molecule has 3 rings (SSSR count). The Hall–Kier alpha value is -2.17. The van der Waals surface area contributed by atoms with E-state index in [0.29, 0.717) is 11.4 Å². The number of H-pyrrole nitrogens is 1. The molecule has 2 heterocycles. The molecule has 1 amide bonds. The number of piperidine rings is 1. The van der Waals surface area contributed by atoms with Gasteiger partial charge in [0.2, 0.25) is 0 Å². The van der Waals surface area contributed by atoms with Crippen LogP contribution in [0.25, 0.3) is 11.3 Å². The van der Waals surface area contributed by atoms with Crippen LogP contribution in [0.5, 0.6) is 0 Å². The van der Waals surface area contributed by atoms with E-state index >= 15 is 0 Å². The normalized spacial score (nSPS) is 18.8. The highest BCUT2D eigenvalue weighted by Crippen LogP contribution is 2.22. The van der Waals surface area contributed by atoms with Gasteiger partial charge in [0.1, 0.15) is 11.5 Å². The molecule has 1 aromatic carbocycles. The molecular weight excluding hydrogens is 269 g/mol. The molecule has 1 aromatic heterocycles. The Labute approximate surface area is 123 Å². The molecule has 1 fully saturated rings. The lowest BCUT2D eigenvalue weighted by Crippen LogP contribution is -2.42. The zero-order chi connectivity index (χ0) is 14.8. The van der Waals surface area contributed by atoms with Gasteiger partial charge in [0.15, 0.2) is 0 Å². The van der Waals surface area contributed by atoms with Crippen LogP contribution < -0.4 is 0 Å². The summed E-state index contributed by atoms with van der Waals surface area (Å²) in [6, 6.07) is 8.09. The third-order valence-corrected chi connectivity index (χ3v) is 4.01. The maximum atomic E-state index is 12.9. The number of nitrogens with one attached hydrogen (secondary N) is 1. The predicted octanol–water partition coefficient (Wildman–Crippen LogP) is 3.23. The minimum atomic E-state index is -0.285. The highest BCUT2D eigenvalue weighted by atomic mass is 19.1. The van der Waals surface area contributed by atoms with Gasteiger partial charge in [0, 0.05) is 18.2 Å². The molecule has 1 aliphatic rings. The average Bonchev–Trinajstić information content (AvgIpc) is 2.98. The molecule has 4 nitrogen and oxygen atoms in total. The molecule has 1 saturated heterocycles. The third kappa shape index (κ3) is 2.82. The van der Waals surface area contributed by atoms with Crippen molar-refractivity contribution in [1.29, 1.82) is 0 Å². The number of hydrogen-bond acceptors (Lipinski definition) is 2. The first-order chi connectivity index (χ1) is 10.1. The van der Waals surface area contributed by atoms with Gasteiger partial charge >= 0.3 is 0 Å².